The highest BCUT2D eigenvalue weighted by atomic mass is 16.5. The van der Waals surface area contributed by atoms with E-state index in [-0.39, 0.29) is 0 Å². The van der Waals surface area contributed by atoms with Gasteiger partial charge in [0.1, 0.15) is 17.6 Å². The fraction of sp³-hybridized carbons (Fsp3) is 0. The van der Waals surface area contributed by atoms with Crippen molar-refractivity contribution in [1.29, 1.82) is 5.26 Å². The summed E-state index contributed by atoms with van der Waals surface area (Å²) in [6, 6.07) is 22.7. The number of aromatic amines is 1. The van der Waals surface area contributed by atoms with Gasteiger partial charge in [0.15, 0.2) is 0 Å². The van der Waals surface area contributed by atoms with Crippen LogP contribution in [0.3, 0.4) is 0 Å². The molecule has 0 radical (unpaired) electrons. The van der Waals surface area contributed by atoms with Crippen molar-refractivity contribution in [3.05, 3.63) is 84.7 Å². The maximum Gasteiger partial charge on any atom is 0.145 e. The van der Waals surface area contributed by atoms with Gasteiger partial charge >= 0.3 is 0 Å². The molecule has 124 valence electrons. The number of aromatic nitrogens is 3. The van der Waals surface area contributed by atoms with Gasteiger partial charge in [-0.1, -0.05) is 24.3 Å². The molecule has 0 aliphatic carbocycles. The van der Waals surface area contributed by atoms with E-state index in [1.54, 1.807) is 24.5 Å². The van der Waals surface area contributed by atoms with E-state index >= 15 is 0 Å². The minimum absolute atomic E-state index is 0.489. The maximum atomic E-state index is 9.26. The standard InChI is InChI=1S/C21H14N4O/c22-13-15-6-1-3-9-20(15)26-21-10-4-2-8-17(21)19-12-18(24-25-19)16-7-5-11-23-14-16/h1-12,14H,(H,24,25). The fourth-order valence-corrected chi connectivity index (χ4v) is 2.67. The van der Waals surface area contributed by atoms with E-state index in [1.807, 2.05) is 54.6 Å². The van der Waals surface area contributed by atoms with Crippen molar-refractivity contribution >= 4 is 0 Å². The van der Waals surface area contributed by atoms with Crippen LogP contribution < -0.4 is 4.74 Å². The van der Waals surface area contributed by atoms with Crippen molar-refractivity contribution in [1.82, 2.24) is 15.2 Å². The molecule has 5 nitrogen and oxygen atoms in total. The van der Waals surface area contributed by atoms with Crippen LogP contribution in [0, 0.1) is 11.3 Å². The highest BCUT2D eigenvalue weighted by Crippen LogP contribution is 2.34. The van der Waals surface area contributed by atoms with E-state index in [1.165, 1.54) is 0 Å². The summed E-state index contributed by atoms with van der Waals surface area (Å²) in [7, 11) is 0. The van der Waals surface area contributed by atoms with Crippen molar-refractivity contribution in [3.63, 3.8) is 0 Å². The van der Waals surface area contributed by atoms with E-state index in [0.717, 1.165) is 22.5 Å². The Kier molecular flexibility index (Phi) is 4.15. The smallest absolute Gasteiger partial charge is 0.145 e. The zero-order valence-electron chi connectivity index (χ0n) is 13.8. The molecule has 0 fully saturated rings. The molecule has 0 saturated heterocycles. The van der Waals surface area contributed by atoms with Crippen LogP contribution >= 0.6 is 0 Å². The van der Waals surface area contributed by atoms with Crippen molar-refractivity contribution in [2.45, 2.75) is 0 Å². The third kappa shape index (κ3) is 3.04. The zero-order chi connectivity index (χ0) is 17.8. The molecule has 0 bridgehead atoms. The second-order valence-corrected chi connectivity index (χ2v) is 5.61. The average Bonchev–Trinajstić information content (AvgIpc) is 3.19. The molecule has 0 aliphatic rings. The van der Waals surface area contributed by atoms with Gasteiger partial charge in [-0.2, -0.15) is 10.4 Å². The third-order valence-corrected chi connectivity index (χ3v) is 3.94. The highest BCUT2D eigenvalue weighted by Gasteiger charge is 2.12. The second-order valence-electron chi connectivity index (χ2n) is 5.61. The van der Waals surface area contributed by atoms with Gasteiger partial charge in [0, 0.05) is 23.5 Å². The van der Waals surface area contributed by atoms with E-state index in [9.17, 15) is 5.26 Å². The number of rotatable bonds is 4. The lowest BCUT2D eigenvalue weighted by Gasteiger charge is -2.10. The van der Waals surface area contributed by atoms with Gasteiger partial charge < -0.3 is 4.74 Å². The molecule has 0 saturated carbocycles. The van der Waals surface area contributed by atoms with Crippen LogP contribution in [-0.2, 0) is 0 Å². The Morgan fingerprint density at radius 2 is 1.73 bits per heavy atom. The lowest BCUT2D eigenvalue weighted by atomic mass is 10.1. The van der Waals surface area contributed by atoms with Crippen LogP contribution in [0.15, 0.2) is 79.1 Å². The number of nitrogens with one attached hydrogen (secondary N) is 1. The number of ether oxygens (including phenoxy) is 1. The minimum Gasteiger partial charge on any atom is -0.455 e. The Morgan fingerprint density at radius 3 is 2.54 bits per heavy atom. The van der Waals surface area contributed by atoms with Crippen LogP contribution in [0.5, 0.6) is 11.5 Å². The molecule has 5 heteroatoms. The Balaban J connectivity index is 1.71. The molecular weight excluding hydrogens is 324 g/mol. The maximum absolute atomic E-state index is 9.26. The van der Waals surface area contributed by atoms with Gasteiger partial charge in [-0.15, -0.1) is 0 Å². The third-order valence-electron chi connectivity index (χ3n) is 3.94. The van der Waals surface area contributed by atoms with E-state index in [0.29, 0.717) is 17.1 Å². The van der Waals surface area contributed by atoms with Crippen LogP contribution in [0.1, 0.15) is 5.56 Å². The number of pyridine rings is 1. The molecule has 26 heavy (non-hydrogen) atoms. The molecule has 2 aromatic carbocycles. The largest absolute Gasteiger partial charge is 0.455 e. The molecule has 0 unspecified atom stereocenters. The van der Waals surface area contributed by atoms with Gasteiger partial charge in [-0.05, 0) is 42.5 Å². The molecule has 2 heterocycles. The van der Waals surface area contributed by atoms with E-state index < -0.39 is 0 Å². The molecule has 0 amide bonds. The summed E-state index contributed by atoms with van der Waals surface area (Å²) < 4.78 is 6.02. The van der Waals surface area contributed by atoms with Gasteiger partial charge in [-0.25, -0.2) is 0 Å². The first kappa shape index (κ1) is 15.6. The summed E-state index contributed by atoms with van der Waals surface area (Å²) in [5, 5.41) is 16.7. The number of nitrogens with zero attached hydrogens (tertiary/aromatic N) is 3. The summed E-state index contributed by atoms with van der Waals surface area (Å²) >= 11 is 0. The summed E-state index contributed by atoms with van der Waals surface area (Å²) in [5.41, 5.74) is 3.92. The number of hydrogen-bond donors (Lipinski definition) is 1. The zero-order valence-corrected chi connectivity index (χ0v) is 13.8. The molecule has 0 aliphatic heterocycles. The second kappa shape index (κ2) is 6.91. The first-order valence-electron chi connectivity index (χ1n) is 8.07. The normalized spacial score (nSPS) is 10.3. The Labute approximate surface area is 150 Å². The Hall–Kier alpha value is -3.91. The number of benzene rings is 2. The lowest BCUT2D eigenvalue weighted by molar-refractivity contribution is 0.482. The van der Waals surface area contributed by atoms with Crippen LogP contribution in [0.25, 0.3) is 22.5 Å². The van der Waals surface area contributed by atoms with Crippen molar-refractivity contribution in [3.8, 4) is 40.1 Å². The fourth-order valence-electron chi connectivity index (χ4n) is 2.67. The van der Waals surface area contributed by atoms with E-state index in [2.05, 4.69) is 21.3 Å². The van der Waals surface area contributed by atoms with Gasteiger partial charge in [0.2, 0.25) is 0 Å². The topological polar surface area (TPSA) is 74.6 Å². The molecule has 4 rings (SSSR count). The predicted octanol–water partition coefficient (Wildman–Crippen LogP) is 4.80. The number of para-hydroxylation sites is 2. The summed E-state index contributed by atoms with van der Waals surface area (Å²) in [4.78, 5) is 4.13. The first-order chi connectivity index (χ1) is 12.8. The Morgan fingerprint density at radius 1 is 0.923 bits per heavy atom. The average molecular weight is 338 g/mol. The molecule has 4 aromatic rings. The van der Waals surface area contributed by atoms with Crippen LogP contribution in [-0.4, -0.2) is 15.2 Å². The van der Waals surface area contributed by atoms with Gasteiger partial charge in [0.25, 0.3) is 0 Å². The Bertz CT molecular complexity index is 1080. The first-order valence-corrected chi connectivity index (χ1v) is 8.07. The number of H-pyrrole nitrogens is 1. The minimum atomic E-state index is 0.489. The van der Waals surface area contributed by atoms with Crippen LogP contribution in [0.2, 0.25) is 0 Å². The molecule has 1 N–H and O–H groups in total. The summed E-state index contributed by atoms with van der Waals surface area (Å²) in [6.07, 6.45) is 3.50. The summed E-state index contributed by atoms with van der Waals surface area (Å²) in [6.45, 7) is 0. The SMILES string of the molecule is N#Cc1ccccc1Oc1ccccc1-c1cc(-c2cccnc2)n[nH]1. The molecular formula is C21H14N4O. The molecule has 0 atom stereocenters. The van der Waals surface area contributed by atoms with E-state index in [4.69, 9.17) is 4.74 Å². The lowest BCUT2D eigenvalue weighted by Crippen LogP contribution is -1.91. The predicted molar refractivity (Wildman–Crippen MR) is 98.5 cm³/mol. The number of nitriles is 1. The summed E-state index contributed by atoms with van der Waals surface area (Å²) in [5.74, 6) is 1.17. The van der Waals surface area contributed by atoms with Gasteiger partial charge in [-0.3, -0.25) is 10.1 Å². The molecule has 0 spiro atoms. The van der Waals surface area contributed by atoms with Gasteiger partial charge in [0.05, 0.1) is 17.0 Å². The highest BCUT2D eigenvalue weighted by molar-refractivity contribution is 5.72. The number of hydrogen-bond acceptors (Lipinski definition) is 4. The van der Waals surface area contributed by atoms with Crippen molar-refractivity contribution in [2.75, 3.05) is 0 Å². The quantitative estimate of drug-likeness (QED) is 0.580. The molecule has 2 aromatic heterocycles. The van der Waals surface area contributed by atoms with Crippen molar-refractivity contribution < 1.29 is 4.74 Å². The van der Waals surface area contributed by atoms with Crippen LogP contribution in [0.4, 0.5) is 0 Å². The monoisotopic (exact) mass is 338 g/mol. The van der Waals surface area contributed by atoms with Crippen molar-refractivity contribution in [2.24, 2.45) is 0 Å².